The van der Waals surface area contributed by atoms with Gasteiger partial charge in [0.2, 0.25) is 11.9 Å². The van der Waals surface area contributed by atoms with Crippen LogP contribution in [0.2, 0.25) is 0 Å². The lowest BCUT2D eigenvalue weighted by atomic mass is 9.65. The highest BCUT2D eigenvalue weighted by Crippen LogP contribution is 2.58. The SMILES string of the molecule is CCOC(=O)[C@@H]1[C@@H]([N+](=O)[O-])C[C@@](C)(O)[C@]12C(=O)Nc1ccc(Br)cc12. The molecule has 0 saturated heterocycles. The zero-order valence-corrected chi connectivity index (χ0v) is 15.2. The van der Waals surface area contributed by atoms with Gasteiger partial charge in [0.25, 0.3) is 0 Å². The maximum absolute atomic E-state index is 13.0. The van der Waals surface area contributed by atoms with E-state index in [1.165, 1.54) is 6.92 Å². The summed E-state index contributed by atoms with van der Waals surface area (Å²) in [4.78, 5) is 36.5. The molecule has 0 bridgehead atoms. The minimum atomic E-state index is -1.79. The number of aliphatic hydroxyl groups is 1. The van der Waals surface area contributed by atoms with E-state index >= 15 is 0 Å². The Morgan fingerprint density at radius 2 is 2.24 bits per heavy atom. The molecule has 9 heteroatoms. The molecule has 1 aromatic rings. The molecule has 1 aliphatic carbocycles. The lowest BCUT2D eigenvalue weighted by Gasteiger charge is -2.37. The predicted octanol–water partition coefficient (Wildman–Crippen LogP) is 1.62. The number of nitrogens with one attached hydrogen (secondary N) is 1. The van der Waals surface area contributed by atoms with Crippen LogP contribution in [-0.4, -0.2) is 40.2 Å². The fourth-order valence-electron chi connectivity index (χ4n) is 4.21. The van der Waals surface area contributed by atoms with Crippen molar-refractivity contribution in [2.24, 2.45) is 5.92 Å². The molecule has 1 aromatic carbocycles. The summed E-state index contributed by atoms with van der Waals surface area (Å²) in [6.45, 7) is 2.96. The summed E-state index contributed by atoms with van der Waals surface area (Å²) in [7, 11) is 0. The number of rotatable bonds is 3. The predicted molar refractivity (Wildman–Crippen MR) is 90.6 cm³/mol. The standard InChI is InChI=1S/C16H17BrN2O6/c1-3-25-13(20)12-11(19(23)24)7-15(2,22)16(12)9-6-8(17)4-5-10(9)18-14(16)21/h4-6,11-12,22H,3,7H2,1-2H3,(H,18,21)/t11-,12-,15+,16-/m0/s1. The summed E-state index contributed by atoms with van der Waals surface area (Å²) in [6, 6.07) is 3.51. The average molecular weight is 413 g/mol. The number of ether oxygens (including phenoxy) is 1. The Bertz CT molecular complexity index is 780. The maximum Gasteiger partial charge on any atom is 0.317 e. The summed E-state index contributed by atoms with van der Waals surface area (Å²) in [5.74, 6) is -2.91. The first-order valence-electron chi connectivity index (χ1n) is 7.80. The molecule has 25 heavy (non-hydrogen) atoms. The first-order chi connectivity index (χ1) is 11.7. The van der Waals surface area contributed by atoms with Crippen molar-refractivity contribution < 1.29 is 24.4 Å². The minimum Gasteiger partial charge on any atom is -0.466 e. The van der Waals surface area contributed by atoms with Gasteiger partial charge in [0, 0.05) is 21.5 Å². The quantitative estimate of drug-likeness (QED) is 0.442. The largest absolute Gasteiger partial charge is 0.466 e. The molecule has 1 aliphatic heterocycles. The number of hydrogen-bond donors (Lipinski definition) is 2. The summed E-state index contributed by atoms with van der Waals surface area (Å²) < 4.78 is 5.66. The van der Waals surface area contributed by atoms with Gasteiger partial charge in [0.1, 0.15) is 11.3 Å². The first kappa shape index (κ1) is 17.8. The number of carbonyl (C=O) groups excluding carboxylic acids is 2. The molecule has 1 fully saturated rings. The van der Waals surface area contributed by atoms with Crippen molar-refractivity contribution in [1.82, 2.24) is 0 Å². The van der Waals surface area contributed by atoms with E-state index in [-0.39, 0.29) is 13.0 Å². The van der Waals surface area contributed by atoms with Crippen molar-refractivity contribution in [3.05, 3.63) is 38.3 Å². The smallest absolute Gasteiger partial charge is 0.317 e. The fraction of sp³-hybridized carbons (Fsp3) is 0.500. The number of benzene rings is 1. The van der Waals surface area contributed by atoms with Crippen LogP contribution in [0.3, 0.4) is 0 Å². The highest BCUT2D eigenvalue weighted by molar-refractivity contribution is 9.10. The monoisotopic (exact) mass is 412 g/mol. The molecule has 1 saturated carbocycles. The molecular formula is C16H17BrN2O6. The second kappa shape index (κ2) is 5.77. The summed E-state index contributed by atoms with van der Waals surface area (Å²) >= 11 is 3.31. The number of amides is 1. The van der Waals surface area contributed by atoms with Crippen molar-refractivity contribution in [2.45, 2.75) is 37.3 Å². The third kappa shape index (κ3) is 2.29. The molecule has 8 nitrogen and oxygen atoms in total. The van der Waals surface area contributed by atoms with Crippen molar-refractivity contribution in [3.8, 4) is 0 Å². The number of nitrogens with zero attached hydrogens (tertiary/aromatic N) is 1. The number of nitro groups is 1. The second-order valence-electron chi connectivity index (χ2n) is 6.51. The van der Waals surface area contributed by atoms with Crippen molar-refractivity contribution in [2.75, 3.05) is 11.9 Å². The Balaban J connectivity index is 2.30. The molecule has 134 valence electrons. The third-order valence-corrected chi connectivity index (χ3v) is 5.62. The summed E-state index contributed by atoms with van der Waals surface area (Å²) in [5.41, 5.74) is -2.79. The molecule has 0 unspecified atom stereocenters. The molecule has 0 aromatic heterocycles. The van der Waals surface area contributed by atoms with E-state index in [0.29, 0.717) is 15.7 Å². The van der Waals surface area contributed by atoms with Gasteiger partial charge in [-0.1, -0.05) is 15.9 Å². The number of hydrogen-bond acceptors (Lipinski definition) is 6. The van der Waals surface area contributed by atoms with Crippen LogP contribution in [-0.2, 0) is 19.7 Å². The van der Waals surface area contributed by atoms with E-state index in [2.05, 4.69) is 21.2 Å². The van der Waals surface area contributed by atoms with Gasteiger partial charge in [-0.25, -0.2) is 0 Å². The Morgan fingerprint density at radius 1 is 1.56 bits per heavy atom. The number of carbonyl (C=O) groups is 2. The highest BCUT2D eigenvalue weighted by Gasteiger charge is 2.75. The molecule has 0 radical (unpaired) electrons. The Morgan fingerprint density at radius 3 is 2.84 bits per heavy atom. The Kier molecular flexibility index (Phi) is 4.11. The van der Waals surface area contributed by atoms with E-state index in [1.54, 1.807) is 25.1 Å². The topological polar surface area (TPSA) is 119 Å². The van der Waals surface area contributed by atoms with Crippen LogP contribution in [0.15, 0.2) is 22.7 Å². The van der Waals surface area contributed by atoms with E-state index < -0.39 is 39.8 Å². The first-order valence-corrected chi connectivity index (χ1v) is 8.60. The van der Waals surface area contributed by atoms with Crippen LogP contribution in [0.5, 0.6) is 0 Å². The van der Waals surface area contributed by atoms with Crippen LogP contribution >= 0.6 is 15.9 Å². The molecule has 4 atom stereocenters. The zero-order valence-electron chi connectivity index (χ0n) is 13.6. The van der Waals surface area contributed by atoms with Gasteiger partial charge in [-0.15, -0.1) is 0 Å². The van der Waals surface area contributed by atoms with Gasteiger partial charge in [-0.3, -0.25) is 19.7 Å². The lowest BCUT2D eigenvalue weighted by molar-refractivity contribution is -0.528. The molecule has 3 rings (SSSR count). The highest BCUT2D eigenvalue weighted by atomic mass is 79.9. The van der Waals surface area contributed by atoms with Crippen LogP contribution in [0.4, 0.5) is 5.69 Å². The van der Waals surface area contributed by atoms with Crippen LogP contribution in [0.25, 0.3) is 0 Å². The third-order valence-electron chi connectivity index (χ3n) is 5.13. The molecule has 1 amide bonds. The van der Waals surface area contributed by atoms with Gasteiger partial charge in [0.05, 0.1) is 12.2 Å². The van der Waals surface area contributed by atoms with E-state index in [1.807, 2.05) is 0 Å². The average Bonchev–Trinajstić information content (AvgIpc) is 2.94. The van der Waals surface area contributed by atoms with Gasteiger partial charge < -0.3 is 15.2 Å². The fourth-order valence-corrected chi connectivity index (χ4v) is 4.57. The summed E-state index contributed by atoms with van der Waals surface area (Å²) in [6.07, 6.45) is -0.331. The number of anilines is 1. The molecule has 2 N–H and O–H groups in total. The van der Waals surface area contributed by atoms with Gasteiger partial charge >= 0.3 is 5.97 Å². The molecule has 2 aliphatic rings. The minimum absolute atomic E-state index is 0.0188. The number of esters is 1. The summed E-state index contributed by atoms with van der Waals surface area (Å²) in [5, 5.41) is 25.3. The van der Waals surface area contributed by atoms with E-state index in [9.17, 15) is 24.8 Å². The normalized spacial score (nSPS) is 33.2. The van der Waals surface area contributed by atoms with Crippen molar-refractivity contribution in [1.29, 1.82) is 0 Å². The Labute approximate surface area is 151 Å². The Hall–Kier alpha value is -2.00. The zero-order chi connectivity index (χ0) is 18.6. The van der Waals surface area contributed by atoms with Crippen LogP contribution in [0.1, 0.15) is 25.8 Å². The van der Waals surface area contributed by atoms with Gasteiger partial charge in [0.15, 0.2) is 0 Å². The van der Waals surface area contributed by atoms with Crippen LogP contribution < -0.4 is 5.32 Å². The molecular weight excluding hydrogens is 396 g/mol. The second-order valence-corrected chi connectivity index (χ2v) is 7.43. The maximum atomic E-state index is 13.0. The van der Waals surface area contributed by atoms with E-state index in [4.69, 9.17) is 4.74 Å². The lowest BCUT2D eigenvalue weighted by Crippen LogP contribution is -2.56. The van der Waals surface area contributed by atoms with Crippen molar-refractivity contribution in [3.63, 3.8) is 0 Å². The van der Waals surface area contributed by atoms with E-state index in [0.717, 1.165) is 0 Å². The van der Waals surface area contributed by atoms with Crippen molar-refractivity contribution >= 4 is 33.5 Å². The number of fused-ring (bicyclic) bond motifs is 2. The van der Waals surface area contributed by atoms with Gasteiger partial charge in [-0.2, -0.15) is 0 Å². The molecule has 1 spiro atoms. The van der Waals surface area contributed by atoms with Crippen LogP contribution in [0, 0.1) is 16.0 Å². The molecule has 1 heterocycles. The number of halogens is 1. The van der Waals surface area contributed by atoms with Gasteiger partial charge in [-0.05, 0) is 37.6 Å².